The SMILES string of the molecule is CCCCC[C@H]1C[C@H](C(=O)Cl)C1. The maximum Gasteiger partial charge on any atom is 0.224 e. The van der Waals surface area contributed by atoms with E-state index in [9.17, 15) is 4.79 Å². The molecule has 12 heavy (non-hydrogen) atoms. The molecule has 0 aromatic rings. The van der Waals surface area contributed by atoms with Gasteiger partial charge in [-0.05, 0) is 30.4 Å². The summed E-state index contributed by atoms with van der Waals surface area (Å²) >= 11 is 5.37. The summed E-state index contributed by atoms with van der Waals surface area (Å²) in [5.74, 6) is 0.988. The third-order valence-corrected chi connectivity index (χ3v) is 3.08. The third kappa shape index (κ3) is 2.78. The summed E-state index contributed by atoms with van der Waals surface area (Å²) in [6.45, 7) is 2.21. The lowest BCUT2D eigenvalue weighted by molar-refractivity contribution is -0.118. The van der Waals surface area contributed by atoms with Crippen LogP contribution in [0, 0.1) is 11.8 Å². The van der Waals surface area contributed by atoms with Crippen LogP contribution >= 0.6 is 11.6 Å². The van der Waals surface area contributed by atoms with Crippen molar-refractivity contribution >= 4 is 16.8 Å². The predicted octanol–water partition coefficient (Wildman–Crippen LogP) is 3.36. The van der Waals surface area contributed by atoms with E-state index in [1.807, 2.05) is 0 Å². The Morgan fingerprint density at radius 1 is 1.42 bits per heavy atom. The van der Waals surface area contributed by atoms with E-state index in [1.165, 1.54) is 25.7 Å². The van der Waals surface area contributed by atoms with E-state index >= 15 is 0 Å². The summed E-state index contributed by atoms with van der Waals surface area (Å²) in [6.07, 6.45) is 7.33. The smallest absolute Gasteiger partial charge is 0.224 e. The number of rotatable bonds is 5. The van der Waals surface area contributed by atoms with Gasteiger partial charge in [0.15, 0.2) is 0 Å². The summed E-state index contributed by atoms with van der Waals surface area (Å²) in [5.41, 5.74) is 0. The summed E-state index contributed by atoms with van der Waals surface area (Å²) in [5, 5.41) is -0.123. The average molecular weight is 189 g/mol. The van der Waals surface area contributed by atoms with Crippen LogP contribution in [0.15, 0.2) is 0 Å². The minimum atomic E-state index is -0.123. The van der Waals surface area contributed by atoms with Crippen molar-refractivity contribution in [3.63, 3.8) is 0 Å². The number of carbonyl (C=O) groups excluding carboxylic acids is 1. The highest BCUT2D eigenvalue weighted by atomic mass is 35.5. The lowest BCUT2D eigenvalue weighted by atomic mass is 9.73. The maximum absolute atomic E-state index is 10.7. The molecular formula is C10H17ClO. The highest BCUT2D eigenvalue weighted by Gasteiger charge is 2.32. The van der Waals surface area contributed by atoms with Crippen LogP contribution in [0.2, 0.25) is 0 Å². The van der Waals surface area contributed by atoms with E-state index in [4.69, 9.17) is 11.6 Å². The van der Waals surface area contributed by atoms with Crippen molar-refractivity contribution in [2.24, 2.45) is 11.8 Å². The molecule has 0 aromatic heterocycles. The average Bonchev–Trinajstić information content (AvgIpc) is 1.93. The molecule has 1 rings (SSSR count). The first-order valence-corrected chi connectivity index (χ1v) is 5.31. The Morgan fingerprint density at radius 2 is 2.08 bits per heavy atom. The minimum absolute atomic E-state index is 0.123. The van der Waals surface area contributed by atoms with Gasteiger partial charge in [0.25, 0.3) is 0 Å². The van der Waals surface area contributed by atoms with Crippen molar-refractivity contribution in [2.45, 2.75) is 45.4 Å². The lowest BCUT2D eigenvalue weighted by Gasteiger charge is -2.32. The fourth-order valence-corrected chi connectivity index (χ4v) is 2.02. The summed E-state index contributed by atoms with van der Waals surface area (Å²) in [4.78, 5) is 10.7. The van der Waals surface area contributed by atoms with E-state index < -0.39 is 0 Å². The molecule has 0 atom stereocenters. The Bertz CT molecular complexity index is 150. The number of unbranched alkanes of at least 4 members (excludes halogenated alkanes) is 2. The van der Waals surface area contributed by atoms with Crippen LogP contribution in [0.5, 0.6) is 0 Å². The van der Waals surface area contributed by atoms with Gasteiger partial charge in [-0.3, -0.25) is 4.79 Å². The second-order valence-electron chi connectivity index (χ2n) is 3.83. The molecule has 1 nitrogen and oxygen atoms in total. The largest absolute Gasteiger partial charge is 0.281 e. The first kappa shape index (κ1) is 10.0. The molecular weight excluding hydrogens is 172 g/mol. The summed E-state index contributed by atoms with van der Waals surface area (Å²) < 4.78 is 0. The normalized spacial score (nSPS) is 28.2. The Labute approximate surface area is 79.5 Å². The number of carbonyl (C=O) groups is 1. The van der Waals surface area contributed by atoms with E-state index in [1.54, 1.807) is 0 Å². The predicted molar refractivity (Wildman–Crippen MR) is 51.2 cm³/mol. The van der Waals surface area contributed by atoms with Crippen LogP contribution in [0.4, 0.5) is 0 Å². The Morgan fingerprint density at radius 3 is 2.58 bits per heavy atom. The van der Waals surface area contributed by atoms with Gasteiger partial charge in [0, 0.05) is 5.92 Å². The molecule has 0 saturated heterocycles. The number of halogens is 1. The van der Waals surface area contributed by atoms with Crippen LogP contribution in [0.1, 0.15) is 45.4 Å². The molecule has 0 spiro atoms. The second-order valence-corrected chi connectivity index (χ2v) is 4.21. The zero-order valence-electron chi connectivity index (χ0n) is 7.68. The van der Waals surface area contributed by atoms with Gasteiger partial charge in [0.1, 0.15) is 0 Å². The van der Waals surface area contributed by atoms with Crippen LogP contribution < -0.4 is 0 Å². The van der Waals surface area contributed by atoms with Crippen molar-refractivity contribution in [1.29, 1.82) is 0 Å². The quantitative estimate of drug-likeness (QED) is 0.478. The van der Waals surface area contributed by atoms with E-state index in [-0.39, 0.29) is 11.2 Å². The van der Waals surface area contributed by atoms with Crippen molar-refractivity contribution in [3.05, 3.63) is 0 Å². The Kier molecular flexibility index (Phi) is 4.07. The van der Waals surface area contributed by atoms with Crippen LogP contribution in [-0.4, -0.2) is 5.24 Å². The van der Waals surface area contributed by atoms with E-state index in [0.717, 1.165) is 18.8 Å². The van der Waals surface area contributed by atoms with E-state index in [2.05, 4.69) is 6.92 Å². The van der Waals surface area contributed by atoms with Crippen molar-refractivity contribution < 1.29 is 4.79 Å². The molecule has 1 aliphatic rings. The zero-order valence-corrected chi connectivity index (χ0v) is 8.44. The van der Waals surface area contributed by atoms with Crippen LogP contribution in [-0.2, 0) is 4.79 Å². The second kappa shape index (κ2) is 4.86. The monoisotopic (exact) mass is 188 g/mol. The first-order chi connectivity index (χ1) is 5.74. The lowest BCUT2D eigenvalue weighted by Crippen LogP contribution is -2.27. The highest BCUT2D eigenvalue weighted by molar-refractivity contribution is 6.64. The number of hydrogen-bond donors (Lipinski definition) is 0. The third-order valence-electron chi connectivity index (χ3n) is 2.77. The zero-order chi connectivity index (χ0) is 8.97. The Hall–Kier alpha value is -0.0400. The minimum Gasteiger partial charge on any atom is -0.281 e. The molecule has 70 valence electrons. The van der Waals surface area contributed by atoms with Gasteiger partial charge in [0.05, 0.1) is 0 Å². The molecule has 0 heterocycles. The first-order valence-electron chi connectivity index (χ1n) is 4.93. The van der Waals surface area contributed by atoms with Gasteiger partial charge in [-0.1, -0.05) is 32.6 Å². The van der Waals surface area contributed by atoms with Crippen molar-refractivity contribution in [1.82, 2.24) is 0 Å². The highest BCUT2D eigenvalue weighted by Crippen LogP contribution is 2.38. The van der Waals surface area contributed by atoms with Gasteiger partial charge in [0.2, 0.25) is 5.24 Å². The molecule has 1 aliphatic carbocycles. The summed E-state index contributed by atoms with van der Waals surface area (Å²) in [6, 6.07) is 0. The van der Waals surface area contributed by atoms with Gasteiger partial charge in [-0.15, -0.1) is 0 Å². The Balaban J connectivity index is 1.98. The molecule has 1 saturated carbocycles. The molecule has 0 radical (unpaired) electrons. The fraction of sp³-hybridized carbons (Fsp3) is 0.900. The maximum atomic E-state index is 10.7. The molecule has 0 unspecified atom stereocenters. The fourth-order valence-electron chi connectivity index (χ4n) is 1.84. The molecule has 2 heteroatoms. The van der Waals surface area contributed by atoms with Gasteiger partial charge in [-0.2, -0.15) is 0 Å². The molecule has 0 amide bonds. The summed E-state index contributed by atoms with van der Waals surface area (Å²) in [7, 11) is 0. The van der Waals surface area contributed by atoms with Gasteiger partial charge < -0.3 is 0 Å². The van der Waals surface area contributed by atoms with E-state index in [0.29, 0.717) is 0 Å². The number of hydrogen-bond acceptors (Lipinski definition) is 1. The van der Waals surface area contributed by atoms with Crippen LogP contribution in [0.3, 0.4) is 0 Å². The molecule has 0 bridgehead atoms. The van der Waals surface area contributed by atoms with Gasteiger partial charge in [-0.25, -0.2) is 0 Å². The molecule has 0 N–H and O–H groups in total. The molecule has 0 aliphatic heterocycles. The van der Waals surface area contributed by atoms with Crippen LogP contribution in [0.25, 0.3) is 0 Å². The molecule has 1 fully saturated rings. The molecule has 0 aromatic carbocycles. The van der Waals surface area contributed by atoms with Gasteiger partial charge >= 0.3 is 0 Å². The van der Waals surface area contributed by atoms with Crippen molar-refractivity contribution in [3.8, 4) is 0 Å². The standard InChI is InChI=1S/C10H17ClO/c1-2-3-4-5-8-6-9(7-8)10(11)12/h8-9H,2-7H2,1H3/t8-,9-. The topological polar surface area (TPSA) is 17.1 Å². The van der Waals surface area contributed by atoms with Crippen molar-refractivity contribution in [2.75, 3.05) is 0 Å².